The third-order valence-electron chi connectivity index (χ3n) is 4.37. The number of hydrogen-bond acceptors (Lipinski definition) is 5. The molecule has 136 valence electrons. The molecule has 1 amide bonds. The zero-order valence-corrected chi connectivity index (χ0v) is 15.0. The van der Waals surface area contributed by atoms with Crippen molar-refractivity contribution in [2.45, 2.75) is 32.1 Å². The van der Waals surface area contributed by atoms with Crippen molar-refractivity contribution in [2.24, 2.45) is 0 Å². The van der Waals surface area contributed by atoms with Gasteiger partial charge in [-0.15, -0.1) is 0 Å². The molecule has 3 rings (SSSR count). The maximum Gasteiger partial charge on any atom is 0.275 e. The zero-order valence-electron chi connectivity index (χ0n) is 15.0. The first-order valence-corrected chi connectivity index (χ1v) is 8.94. The molecule has 0 radical (unpaired) electrons. The van der Waals surface area contributed by atoms with Crippen molar-refractivity contribution >= 4 is 17.4 Å². The average Bonchev–Trinajstić information content (AvgIpc) is 2.70. The van der Waals surface area contributed by atoms with Gasteiger partial charge in [0.1, 0.15) is 17.3 Å². The van der Waals surface area contributed by atoms with Crippen molar-refractivity contribution in [3.8, 4) is 5.75 Å². The van der Waals surface area contributed by atoms with Crippen LogP contribution in [0.1, 0.15) is 42.6 Å². The Hall–Kier alpha value is -2.89. The van der Waals surface area contributed by atoms with Gasteiger partial charge in [0.2, 0.25) is 0 Å². The molecule has 1 aliphatic carbocycles. The van der Waals surface area contributed by atoms with E-state index in [9.17, 15) is 4.79 Å². The molecule has 2 aromatic rings. The van der Waals surface area contributed by atoms with Gasteiger partial charge in [-0.1, -0.05) is 11.6 Å². The first kappa shape index (κ1) is 17.9. The molecule has 1 aromatic carbocycles. The Morgan fingerprint density at radius 3 is 2.65 bits per heavy atom. The summed E-state index contributed by atoms with van der Waals surface area (Å²) in [5, 5.41) is 6.05. The number of ether oxygens (including phenoxy) is 1. The second kappa shape index (κ2) is 8.99. The lowest BCUT2D eigenvalue weighted by Gasteiger charge is -2.13. The molecule has 0 saturated carbocycles. The van der Waals surface area contributed by atoms with Crippen LogP contribution in [0.2, 0.25) is 0 Å². The molecule has 0 saturated heterocycles. The van der Waals surface area contributed by atoms with Crippen LogP contribution in [-0.2, 0) is 0 Å². The van der Waals surface area contributed by atoms with Gasteiger partial charge in [-0.05, 0) is 56.4 Å². The molecule has 2 N–H and O–H groups in total. The highest BCUT2D eigenvalue weighted by Gasteiger charge is 2.09. The number of nitrogens with one attached hydrogen (secondary N) is 2. The molecule has 0 unspecified atom stereocenters. The van der Waals surface area contributed by atoms with Gasteiger partial charge in [0.05, 0.1) is 19.5 Å². The summed E-state index contributed by atoms with van der Waals surface area (Å²) < 4.78 is 5.10. The first-order chi connectivity index (χ1) is 12.7. The third kappa shape index (κ3) is 5.05. The van der Waals surface area contributed by atoms with Crippen molar-refractivity contribution in [1.82, 2.24) is 9.97 Å². The fourth-order valence-corrected chi connectivity index (χ4v) is 2.89. The van der Waals surface area contributed by atoms with E-state index in [-0.39, 0.29) is 11.6 Å². The van der Waals surface area contributed by atoms with E-state index in [1.54, 1.807) is 37.6 Å². The number of carbonyl (C=O) groups excluding carboxylic acids is 1. The molecule has 0 aliphatic heterocycles. The van der Waals surface area contributed by atoms with E-state index in [0.29, 0.717) is 11.5 Å². The molecule has 6 heteroatoms. The van der Waals surface area contributed by atoms with Crippen molar-refractivity contribution in [3.05, 3.63) is 54.0 Å². The number of hydrogen-bond donors (Lipinski definition) is 2. The van der Waals surface area contributed by atoms with Crippen LogP contribution >= 0.6 is 0 Å². The maximum atomic E-state index is 12.2. The Balaban J connectivity index is 1.49. The van der Waals surface area contributed by atoms with Gasteiger partial charge >= 0.3 is 0 Å². The van der Waals surface area contributed by atoms with Crippen LogP contribution in [0.15, 0.2) is 48.3 Å². The molecule has 1 heterocycles. The number of methoxy groups -OCH3 is 1. The van der Waals surface area contributed by atoms with E-state index in [1.807, 2.05) is 0 Å². The van der Waals surface area contributed by atoms with Gasteiger partial charge in [0.15, 0.2) is 0 Å². The summed E-state index contributed by atoms with van der Waals surface area (Å²) in [5.41, 5.74) is 2.48. The van der Waals surface area contributed by atoms with Crippen LogP contribution in [0.4, 0.5) is 11.5 Å². The number of rotatable bonds is 7. The third-order valence-corrected chi connectivity index (χ3v) is 4.37. The number of carbonyl (C=O) groups is 1. The highest BCUT2D eigenvalue weighted by Crippen LogP contribution is 2.20. The average molecular weight is 352 g/mol. The topological polar surface area (TPSA) is 76.1 Å². The van der Waals surface area contributed by atoms with Gasteiger partial charge in [-0.3, -0.25) is 4.79 Å². The Labute approximate surface area is 153 Å². The molecule has 0 atom stereocenters. The number of allylic oxidation sites excluding steroid dienone is 1. The Kier molecular flexibility index (Phi) is 6.19. The normalized spacial score (nSPS) is 13.7. The van der Waals surface area contributed by atoms with Crippen molar-refractivity contribution < 1.29 is 9.53 Å². The van der Waals surface area contributed by atoms with Crippen LogP contribution in [-0.4, -0.2) is 29.5 Å². The second-order valence-corrected chi connectivity index (χ2v) is 6.25. The summed E-state index contributed by atoms with van der Waals surface area (Å²) in [5.74, 6) is 1.13. The van der Waals surface area contributed by atoms with Crippen LogP contribution in [0.25, 0.3) is 0 Å². The van der Waals surface area contributed by atoms with Crippen molar-refractivity contribution in [1.29, 1.82) is 0 Å². The summed E-state index contributed by atoms with van der Waals surface area (Å²) in [6.07, 6.45) is 11.5. The van der Waals surface area contributed by atoms with E-state index in [2.05, 4.69) is 26.7 Å². The summed E-state index contributed by atoms with van der Waals surface area (Å²) in [7, 11) is 1.60. The zero-order chi connectivity index (χ0) is 18.2. The fourth-order valence-electron chi connectivity index (χ4n) is 2.89. The number of amides is 1. The monoisotopic (exact) mass is 352 g/mol. The number of benzene rings is 1. The molecule has 1 aliphatic rings. The predicted molar refractivity (Wildman–Crippen MR) is 103 cm³/mol. The summed E-state index contributed by atoms with van der Waals surface area (Å²) in [4.78, 5) is 20.7. The summed E-state index contributed by atoms with van der Waals surface area (Å²) >= 11 is 0. The van der Waals surface area contributed by atoms with Gasteiger partial charge in [-0.2, -0.15) is 0 Å². The molecule has 26 heavy (non-hydrogen) atoms. The van der Waals surface area contributed by atoms with Gasteiger partial charge in [-0.25, -0.2) is 9.97 Å². The highest BCUT2D eigenvalue weighted by atomic mass is 16.5. The predicted octanol–water partition coefficient (Wildman–Crippen LogP) is 4.04. The van der Waals surface area contributed by atoms with Gasteiger partial charge in [0.25, 0.3) is 5.91 Å². The quantitative estimate of drug-likeness (QED) is 0.736. The first-order valence-electron chi connectivity index (χ1n) is 8.94. The Morgan fingerprint density at radius 2 is 2.00 bits per heavy atom. The molecular formula is C20H24N4O2. The lowest BCUT2D eigenvalue weighted by atomic mass is 9.97. The van der Waals surface area contributed by atoms with Crippen LogP contribution < -0.4 is 15.4 Å². The lowest BCUT2D eigenvalue weighted by molar-refractivity contribution is 0.102. The SMILES string of the molecule is COc1ccc(NC(=O)c2cnc(NCCC3=CCCCC3)cn2)cc1. The molecule has 0 spiro atoms. The molecular weight excluding hydrogens is 328 g/mol. The minimum Gasteiger partial charge on any atom is -0.497 e. The van der Waals surface area contributed by atoms with Crippen molar-refractivity contribution in [3.63, 3.8) is 0 Å². The minimum atomic E-state index is -0.290. The van der Waals surface area contributed by atoms with Crippen LogP contribution in [0.3, 0.4) is 0 Å². The molecule has 0 bridgehead atoms. The smallest absolute Gasteiger partial charge is 0.275 e. The standard InChI is InChI=1S/C20H24N4O2/c1-26-17-9-7-16(8-10-17)24-20(25)18-13-23-19(14-22-18)21-12-11-15-5-3-2-4-6-15/h5,7-10,13-14H,2-4,6,11-12H2,1H3,(H,21,23)(H,24,25). The van der Waals surface area contributed by atoms with Gasteiger partial charge < -0.3 is 15.4 Å². The summed E-state index contributed by atoms with van der Waals surface area (Å²) in [6, 6.07) is 7.13. The lowest BCUT2D eigenvalue weighted by Crippen LogP contribution is -2.14. The number of aromatic nitrogens is 2. The Bertz CT molecular complexity index is 754. The largest absolute Gasteiger partial charge is 0.497 e. The maximum absolute atomic E-state index is 12.2. The molecule has 6 nitrogen and oxygen atoms in total. The second-order valence-electron chi connectivity index (χ2n) is 6.25. The van der Waals surface area contributed by atoms with Crippen molar-refractivity contribution in [2.75, 3.05) is 24.3 Å². The highest BCUT2D eigenvalue weighted by molar-refractivity contribution is 6.02. The van der Waals surface area contributed by atoms with Crippen LogP contribution in [0, 0.1) is 0 Å². The van der Waals surface area contributed by atoms with E-state index in [0.717, 1.165) is 18.7 Å². The number of nitrogens with zero attached hydrogens (tertiary/aromatic N) is 2. The molecule has 0 fully saturated rings. The summed E-state index contributed by atoms with van der Waals surface area (Å²) in [6.45, 7) is 0.831. The van der Waals surface area contributed by atoms with E-state index >= 15 is 0 Å². The minimum absolute atomic E-state index is 0.279. The fraction of sp³-hybridized carbons (Fsp3) is 0.350. The van der Waals surface area contributed by atoms with E-state index in [1.165, 1.54) is 37.5 Å². The van der Waals surface area contributed by atoms with E-state index < -0.39 is 0 Å². The number of anilines is 2. The Morgan fingerprint density at radius 1 is 1.15 bits per heavy atom. The van der Waals surface area contributed by atoms with Crippen LogP contribution in [0.5, 0.6) is 5.75 Å². The molecule has 1 aromatic heterocycles. The van der Waals surface area contributed by atoms with E-state index in [4.69, 9.17) is 4.74 Å². The van der Waals surface area contributed by atoms with Gasteiger partial charge in [0, 0.05) is 12.2 Å².